The summed E-state index contributed by atoms with van der Waals surface area (Å²) in [6, 6.07) is 12.8. The first-order valence-corrected chi connectivity index (χ1v) is 11.6. The van der Waals surface area contributed by atoms with Gasteiger partial charge in [0.05, 0.1) is 11.1 Å². The summed E-state index contributed by atoms with van der Waals surface area (Å²) in [5.74, 6) is -0.0562. The van der Waals surface area contributed by atoms with Crippen LogP contribution in [0.25, 0.3) is 0 Å². The number of phenolic OH excluding ortho intramolecular Hbond substituents is 1. The van der Waals surface area contributed by atoms with Gasteiger partial charge in [0.1, 0.15) is 17.2 Å². The van der Waals surface area contributed by atoms with Crippen molar-refractivity contribution in [2.45, 2.75) is 57.3 Å². The zero-order valence-corrected chi connectivity index (χ0v) is 20.6. The Morgan fingerprint density at radius 3 is 2.22 bits per heavy atom. The molecule has 1 fully saturated rings. The number of ether oxygens (including phenoxy) is 2. The van der Waals surface area contributed by atoms with Gasteiger partial charge in [-0.1, -0.05) is 24.3 Å². The average molecular weight is 517 g/mol. The SMILES string of the molecule is CC(C)(C)OC(=O)c1ccc(Cc2nc(NC3(c4ccc(O)cc4)CC3)nc(OCC(F)(F)F)n2)cc1. The van der Waals surface area contributed by atoms with Crippen LogP contribution < -0.4 is 10.1 Å². The lowest BCUT2D eigenvalue weighted by molar-refractivity contribution is -0.154. The molecule has 0 aliphatic heterocycles. The number of rotatable bonds is 8. The smallest absolute Gasteiger partial charge is 0.422 e. The van der Waals surface area contributed by atoms with Gasteiger partial charge >= 0.3 is 18.2 Å². The van der Waals surface area contributed by atoms with Crippen molar-refractivity contribution in [3.05, 3.63) is 71.0 Å². The minimum absolute atomic E-state index is 0.0816. The van der Waals surface area contributed by atoms with Crippen LogP contribution in [0.5, 0.6) is 11.8 Å². The lowest BCUT2D eigenvalue weighted by Gasteiger charge is -2.19. The number of halogens is 3. The molecule has 0 atom stereocenters. The Labute approximate surface area is 211 Å². The quantitative estimate of drug-likeness (QED) is 0.395. The second-order valence-corrected chi connectivity index (χ2v) is 9.89. The van der Waals surface area contributed by atoms with Crippen molar-refractivity contribution in [3.63, 3.8) is 0 Å². The topological polar surface area (TPSA) is 106 Å². The number of hydrogen-bond donors (Lipinski definition) is 2. The predicted octanol–water partition coefficient (Wildman–Crippen LogP) is 5.17. The normalized spacial score (nSPS) is 14.6. The van der Waals surface area contributed by atoms with Crippen LogP contribution in [0.3, 0.4) is 0 Å². The van der Waals surface area contributed by atoms with Gasteiger partial charge in [-0.2, -0.15) is 28.1 Å². The largest absolute Gasteiger partial charge is 0.508 e. The van der Waals surface area contributed by atoms with Crippen LogP contribution in [0.2, 0.25) is 0 Å². The van der Waals surface area contributed by atoms with Crippen LogP contribution in [0.1, 0.15) is 60.9 Å². The molecule has 1 aromatic heterocycles. The summed E-state index contributed by atoms with van der Waals surface area (Å²) >= 11 is 0. The molecule has 8 nitrogen and oxygen atoms in total. The van der Waals surface area contributed by atoms with Crippen LogP contribution >= 0.6 is 0 Å². The van der Waals surface area contributed by atoms with Gasteiger partial charge in [-0.3, -0.25) is 0 Å². The maximum absolute atomic E-state index is 12.8. The second kappa shape index (κ2) is 9.87. The summed E-state index contributed by atoms with van der Waals surface area (Å²) < 4.78 is 48.5. The lowest BCUT2D eigenvalue weighted by atomic mass is 10.1. The number of alkyl halides is 3. The molecule has 1 saturated carbocycles. The maximum Gasteiger partial charge on any atom is 0.422 e. The minimum atomic E-state index is -4.55. The van der Waals surface area contributed by atoms with Gasteiger partial charge in [0.2, 0.25) is 5.95 Å². The Bertz CT molecular complexity index is 1250. The highest BCUT2D eigenvalue weighted by atomic mass is 19.4. The summed E-state index contributed by atoms with van der Waals surface area (Å²) in [5.41, 5.74) is 0.864. The van der Waals surface area contributed by atoms with Crippen LogP contribution in [0.4, 0.5) is 19.1 Å². The summed E-state index contributed by atoms with van der Waals surface area (Å²) in [5, 5.41) is 12.8. The average Bonchev–Trinajstić information content (AvgIpc) is 3.57. The Morgan fingerprint density at radius 2 is 1.65 bits per heavy atom. The number of esters is 1. The third kappa shape index (κ3) is 7.31. The fourth-order valence-electron chi connectivity index (χ4n) is 3.63. The summed E-state index contributed by atoms with van der Waals surface area (Å²) in [6.45, 7) is 3.79. The number of carbonyl (C=O) groups excluding carboxylic acids is 1. The van der Waals surface area contributed by atoms with E-state index in [4.69, 9.17) is 9.47 Å². The molecule has 1 heterocycles. The molecule has 0 amide bonds. The molecular weight excluding hydrogens is 489 g/mol. The number of nitrogens with one attached hydrogen (secondary N) is 1. The molecule has 2 aromatic carbocycles. The second-order valence-electron chi connectivity index (χ2n) is 9.89. The van der Waals surface area contributed by atoms with Gasteiger partial charge in [-0.15, -0.1) is 0 Å². The number of benzene rings is 2. The molecule has 11 heteroatoms. The fraction of sp³-hybridized carbons (Fsp3) is 0.385. The zero-order valence-electron chi connectivity index (χ0n) is 20.6. The summed E-state index contributed by atoms with van der Waals surface area (Å²) in [4.78, 5) is 24.8. The van der Waals surface area contributed by atoms with E-state index in [-0.39, 0.29) is 23.9 Å². The van der Waals surface area contributed by atoms with Crippen molar-refractivity contribution in [3.8, 4) is 11.8 Å². The number of aromatic nitrogens is 3. The van der Waals surface area contributed by atoms with E-state index < -0.39 is 35.9 Å². The van der Waals surface area contributed by atoms with Crippen molar-refractivity contribution in [1.82, 2.24) is 15.0 Å². The Kier molecular flexibility index (Phi) is 6.98. The molecule has 37 heavy (non-hydrogen) atoms. The van der Waals surface area contributed by atoms with Crippen molar-refractivity contribution in [1.29, 1.82) is 0 Å². The molecule has 1 aliphatic carbocycles. The maximum atomic E-state index is 12.8. The van der Waals surface area contributed by atoms with Crippen LogP contribution in [-0.4, -0.2) is 44.4 Å². The van der Waals surface area contributed by atoms with Gasteiger partial charge in [0, 0.05) is 6.42 Å². The summed E-state index contributed by atoms with van der Waals surface area (Å²) in [6.07, 6.45) is -2.88. The van der Waals surface area contributed by atoms with Gasteiger partial charge in [0.25, 0.3) is 0 Å². The number of hydrogen-bond acceptors (Lipinski definition) is 8. The third-order valence-electron chi connectivity index (χ3n) is 5.50. The van der Waals surface area contributed by atoms with Gasteiger partial charge < -0.3 is 19.9 Å². The highest BCUT2D eigenvalue weighted by Crippen LogP contribution is 2.48. The molecule has 1 aliphatic rings. The van der Waals surface area contributed by atoms with E-state index in [9.17, 15) is 23.1 Å². The minimum Gasteiger partial charge on any atom is -0.508 e. The highest BCUT2D eigenvalue weighted by molar-refractivity contribution is 5.89. The van der Waals surface area contributed by atoms with E-state index in [0.717, 1.165) is 24.0 Å². The highest BCUT2D eigenvalue weighted by Gasteiger charge is 2.45. The predicted molar refractivity (Wildman–Crippen MR) is 128 cm³/mol. The molecule has 0 saturated heterocycles. The van der Waals surface area contributed by atoms with Gasteiger partial charge in [-0.25, -0.2) is 4.79 Å². The van der Waals surface area contributed by atoms with Crippen LogP contribution in [0, 0.1) is 0 Å². The lowest BCUT2D eigenvalue weighted by Crippen LogP contribution is -2.24. The number of nitrogens with zero attached hydrogens (tertiary/aromatic N) is 3. The molecule has 0 bridgehead atoms. The van der Waals surface area contributed by atoms with E-state index in [2.05, 4.69) is 20.3 Å². The van der Waals surface area contributed by atoms with E-state index >= 15 is 0 Å². The van der Waals surface area contributed by atoms with E-state index in [0.29, 0.717) is 5.56 Å². The first-order valence-electron chi connectivity index (χ1n) is 11.6. The van der Waals surface area contributed by atoms with Crippen molar-refractivity contribution < 1.29 is 32.5 Å². The zero-order chi connectivity index (χ0) is 26.8. The Morgan fingerprint density at radius 1 is 1.00 bits per heavy atom. The summed E-state index contributed by atoms with van der Waals surface area (Å²) in [7, 11) is 0. The van der Waals surface area contributed by atoms with Gasteiger partial charge in [0.15, 0.2) is 6.61 Å². The Balaban J connectivity index is 1.55. The van der Waals surface area contributed by atoms with Crippen molar-refractivity contribution in [2.75, 3.05) is 11.9 Å². The van der Waals surface area contributed by atoms with E-state index in [1.54, 1.807) is 69.3 Å². The van der Waals surface area contributed by atoms with Crippen molar-refractivity contribution >= 4 is 11.9 Å². The van der Waals surface area contributed by atoms with Crippen LogP contribution in [-0.2, 0) is 16.7 Å². The van der Waals surface area contributed by atoms with E-state index in [1.807, 2.05) is 0 Å². The number of aromatic hydroxyl groups is 1. The third-order valence-corrected chi connectivity index (χ3v) is 5.50. The standard InChI is InChI=1S/C26H27F3N4O4/c1-24(2,3)37-21(35)17-6-4-16(5-7-17)14-20-30-22(32-23(31-20)36-15-26(27,28)29)33-25(12-13-25)18-8-10-19(34)11-9-18/h4-11,34H,12-15H2,1-3H3,(H,30,31,32,33). The molecule has 196 valence electrons. The molecule has 3 aromatic rings. The molecular formula is C26H27F3N4O4. The molecule has 2 N–H and O–H groups in total. The molecule has 0 spiro atoms. The molecule has 0 unspecified atom stereocenters. The Hall–Kier alpha value is -3.89. The molecule has 0 radical (unpaired) electrons. The van der Waals surface area contributed by atoms with E-state index in [1.165, 1.54) is 0 Å². The first-order chi connectivity index (χ1) is 17.3. The van der Waals surface area contributed by atoms with Gasteiger partial charge in [-0.05, 0) is 69.0 Å². The van der Waals surface area contributed by atoms with Crippen LogP contribution in [0.15, 0.2) is 48.5 Å². The monoisotopic (exact) mass is 516 g/mol. The number of carbonyl (C=O) groups is 1. The number of phenols is 1. The molecule has 4 rings (SSSR count). The number of anilines is 1. The first kappa shape index (κ1) is 26.2. The van der Waals surface area contributed by atoms with Crippen molar-refractivity contribution in [2.24, 2.45) is 0 Å². The fourth-order valence-corrected chi connectivity index (χ4v) is 3.63.